The number of nitrogens with zero attached hydrogens (tertiary/aromatic N) is 4. The van der Waals surface area contributed by atoms with Crippen molar-refractivity contribution in [2.24, 2.45) is 10.6 Å². The number of ether oxygens (including phenoxy) is 1. The van der Waals surface area contributed by atoms with E-state index in [2.05, 4.69) is 41.2 Å². The lowest BCUT2D eigenvalue weighted by molar-refractivity contribution is 0.199. The number of hydrogen-bond acceptors (Lipinski definition) is 5. The van der Waals surface area contributed by atoms with E-state index in [4.69, 9.17) is 4.74 Å². The quantitative estimate of drug-likeness (QED) is 0.522. The fourth-order valence-corrected chi connectivity index (χ4v) is 3.64. The number of hydrogen-bond donors (Lipinski definition) is 1. The minimum absolute atomic E-state index is 0.0174. The minimum atomic E-state index is -0.288. The molecule has 0 fully saturated rings. The van der Waals surface area contributed by atoms with Crippen LogP contribution in [0.4, 0.5) is 0 Å². The molecule has 0 saturated carbocycles. The molecule has 0 saturated heterocycles. The van der Waals surface area contributed by atoms with Gasteiger partial charge in [-0.1, -0.05) is 43.6 Å². The van der Waals surface area contributed by atoms with E-state index in [1.54, 1.807) is 11.0 Å². The molecule has 3 rings (SSSR count). The average Bonchev–Trinajstić information content (AvgIpc) is 3.14. The van der Waals surface area contributed by atoms with Gasteiger partial charge in [0.15, 0.2) is 0 Å². The lowest BCUT2D eigenvalue weighted by Gasteiger charge is -2.29. The number of aryl methyl sites for hydroxylation is 2. The van der Waals surface area contributed by atoms with Gasteiger partial charge in [0.2, 0.25) is 0 Å². The van der Waals surface area contributed by atoms with Gasteiger partial charge in [-0.25, -0.2) is 9.67 Å². The summed E-state index contributed by atoms with van der Waals surface area (Å²) in [7, 11) is 0. The van der Waals surface area contributed by atoms with Crippen LogP contribution in [-0.4, -0.2) is 31.8 Å². The highest BCUT2D eigenvalue weighted by molar-refractivity contribution is 5.92. The first kappa shape index (κ1) is 17.5. The molecule has 6 nitrogen and oxygen atoms in total. The Balaban J connectivity index is 1.87. The van der Waals surface area contributed by atoms with Crippen molar-refractivity contribution in [2.45, 2.75) is 59.6 Å². The molecule has 25 heavy (non-hydrogen) atoms. The molecule has 0 radical (unpaired) electrons. The van der Waals surface area contributed by atoms with Gasteiger partial charge in [-0.15, -0.1) is 0 Å². The van der Waals surface area contributed by atoms with Crippen LogP contribution >= 0.6 is 0 Å². The Kier molecular flexibility index (Phi) is 4.54. The summed E-state index contributed by atoms with van der Waals surface area (Å²) >= 11 is 0. The third-order valence-electron chi connectivity index (χ3n) is 4.66. The van der Waals surface area contributed by atoms with Gasteiger partial charge in [0.1, 0.15) is 24.5 Å². The summed E-state index contributed by atoms with van der Waals surface area (Å²) in [5.74, 6) is 0.992. The maximum Gasteiger partial charge on any atom is 0.137 e. The molecule has 1 aromatic heterocycles. The molecule has 2 aromatic rings. The second-order valence-electron chi connectivity index (χ2n) is 7.88. The van der Waals surface area contributed by atoms with Gasteiger partial charge in [-0.2, -0.15) is 5.10 Å². The second kappa shape index (κ2) is 6.50. The fourth-order valence-electron chi connectivity index (χ4n) is 3.64. The van der Waals surface area contributed by atoms with Crippen LogP contribution in [0.2, 0.25) is 0 Å². The molecule has 134 valence electrons. The Labute approximate surface area is 148 Å². The lowest BCUT2D eigenvalue weighted by atomic mass is 9.83. The normalized spacial score (nSPS) is 18.8. The molecule has 0 bridgehead atoms. The van der Waals surface area contributed by atoms with E-state index in [0.717, 1.165) is 12.2 Å². The fraction of sp³-hybridized carbons (Fsp3) is 0.526. The van der Waals surface area contributed by atoms with Crippen LogP contribution in [0.15, 0.2) is 29.9 Å². The van der Waals surface area contributed by atoms with Crippen LogP contribution in [0.5, 0.6) is 5.75 Å². The summed E-state index contributed by atoms with van der Waals surface area (Å²) in [6, 6.07) is 4.14. The SMILES string of the molecule is Cc1cc(C)c2c(c1)CC(CC(C(=NO)C(C)(C)C)n1cncn1)O2. The summed E-state index contributed by atoms with van der Waals surface area (Å²) in [6.07, 6.45) is 4.71. The van der Waals surface area contributed by atoms with E-state index in [-0.39, 0.29) is 17.6 Å². The summed E-state index contributed by atoms with van der Waals surface area (Å²) in [5.41, 5.74) is 4.05. The van der Waals surface area contributed by atoms with E-state index >= 15 is 0 Å². The maximum atomic E-state index is 9.64. The standard InChI is InChI=1S/C19H26N4O2/c1-12-6-13(2)17-14(7-12)8-15(25-17)9-16(23-11-20-10-21-23)18(22-24)19(3,4)5/h6-7,10-11,15-16,24H,8-9H2,1-5H3. The topological polar surface area (TPSA) is 72.5 Å². The van der Waals surface area contributed by atoms with E-state index < -0.39 is 0 Å². The van der Waals surface area contributed by atoms with Crippen molar-refractivity contribution in [3.8, 4) is 5.75 Å². The van der Waals surface area contributed by atoms with Gasteiger partial charge in [0, 0.05) is 18.3 Å². The molecule has 1 N–H and O–H groups in total. The lowest BCUT2D eigenvalue weighted by Crippen LogP contribution is -2.34. The highest BCUT2D eigenvalue weighted by Crippen LogP contribution is 2.37. The maximum absolute atomic E-state index is 9.64. The van der Waals surface area contributed by atoms with Crippen LogP contribution < -0.4 is 4.74 Å². The zero-order chi connectivity index (χ0) is 18.2. The van der Waals surface area contributed by atoms with Crippen LogP contribution in [0.25, 0.3) is 0 Å². The number of rotatable bonds is 4. The van der Waals surface area contributed by atoms with Crippen LogP contribution in [-0.2, 0) is 6.42 Å². The van der Waals surface area contributed by atoms with Crippen molar-refractivity contribution in [3.63, 3.8) is 0 Å². The molecular formula is C19H26N4O2. The molecule has 2 atom stereocenters. The van der Waals surface area contributed by atoms with Crippen LogP contribution in [0.3, 0.4) is 0 Å². The molecular weight excluding hydrogens is 316 g/mol. The Morgan fingerprint density at radius 2 is 2.16 bits per heavy atom. The van der Waals surface area contributed by atoms with Crippen molar-refractivity contribution in [1.29, 1.82) is 0 Å². The zero-order valence-corrected chi connectivity index (χ0v) is 15.5. The van der Waals surface area contributed by atoms with Gasteiger partial charge in [-0.3, -0.25) is 0 Å². The third-order valence-corrected chi connectivity index (χ3v) is 4.66. The second-order valence-corrected chi connectivity index (χ2v) is 7.88. The first-order valence-electron chi connectivity index (χ1n) is 8.63. The molecule has 2 unspecified atom stereocenters. The molecule has 1 aromatic carbocycles. The number of fused-ring (bicyclic) bond motifs is 1. The highest BCUT2D eigenvalue weighted by atomic mass is 16.5. The van der Waals surface area contributed by atoms with E-state index in [1.807, 2.05) is 20.8 Å². The Bertz CT molecular complexity index is 775. The molecule has 0 amide bonds. The van der Waals surface area contributed by atoms with Crippen molar-refractivity contribution in [3.05, 3.63) is 41.5 Å². The summed E-state index contributed by atoms with van der Waals surface area (Å²) in [4.78, 5) is 4.06. The average molecular weight is 342 g/mol. The predicted molar refractivity (Wildman–Crippen MR) is 96.4 cm³/mol. The predicted octanol–water partition coefficient (Wildman–Crippen LogP) is 3.71. The smallest absolute Gasteiger partial charge is 0.137 e. The summed E-state index contributed by atoms with van der Waals surface area (Å²) < 4.78 is 7.99. The van der Waals surface area contributed by atoms with Gasteiger partial charge in [-0.05, 0) is 25.0 Å². The van der Waals surface area contributed by atoms with Gasteiger partial charge in [0.05, 0.1) is 11.8 Å². The van der Waals surface area contributed by atoms with E-state index in [1.165, 1.54) is 23.0 Å². The molecule has 0 aliphatic carbocycles. The van der Waals surface area contributed by atoms with Crippen molar-refractivity contribution >= 4 is 5.71 Å². The Morgan fingerprint density at radius 3 is 2.76 bits per heavy atom. The first-order valence-corrected chi connectivity index (χ1v) is 8.63. The van der Waals surface area contributed by atoms with Gasteiger partial charge >= 0.3 is 0 Å². The van der Waals surface area contributed by atoms with E-state index in [9.17, 15) is 5.21 Å². The van der Waals surface area contributed by atoms with Crippen LogP contribution in [0, 0.1) is 19.3 Å². The van der Waals surface area contributed by atoms with Crippen molar-refractivity contribution in [2.75, 3.05) is 0 Å². The van der Waals surface area contributed by atoms with Crippen molar-refractivity contribution < 1.29 is 9.94 Å². The van der Waals surface area contributed by atoms with Crippen molar-refractivity contribution in [1.82, 2.24) is 14.8 Å². The monoisotopic (exact) mass is 342 g/mol. The summed E-state index contributed by atoms with van der Waals surface area (Å²) in [5, 5.41) is 17.5. The summed E-state index contributed by atoms with van der Waals surface area (Å²) in [6.45, 7) is 10.3. The van der Waals surface area contributed by atoms with Gasteiger partial charge in [0.25, 0.3) is 0 Å². The number of oxime groups is 1. The third kappa shape index (κ3) is 3.52. The molecule has 0 spiro atoms. The Hall–Kier alpha value is -2.37. The Morgan fingerprint density at radius 1 is 1.40 bits per heavy atom. The van der Waals surface area contributed by atoms with E-state index in [0.29, 0.717) is 12.1 Å². The zero-order valence-electron chi connectivity index (χ0n) is 15.5. The number of aromatic nitrogens is 3. The van der Waals surface area contributed by atoms with Gasteiger partial charge < -0.3 is 9.94 Å². The largest absolute Gasteiger partial charge is 0.489 e. The van der Waals surface area contributed by atoms with Crippen LogP contribution in [0.1, 0.15) is 49.9 Å². The molecule has 6 heteroatoms. The molecule has 1 aliphatic rings. The first-order chi connectivity index (χ1) is 11.8. The molecule has 2 heterocycles. The number of benzene rings is 1. The minimum Gasteiger partial charge on any atom is -0.489 e. The highest BCUT2D eigenvalue weighted by Gasteiger charge is 2.35. The molecule has 1 aliphatic heterocycles.